The molecule has 0 aliphatic carbocycles. The van der Waals surface area contributed by atoms with Crippen LogP contribution in [0, 0.1) is 0 Å². The lowest BCUT2D eigenvalue weighted by atomic mass is 10.0. The van der Waals surface area contributed by atoms with Gasteiger partial charge in [0, 0.05) is 6.54 Å². The average Bonchev–Trinajstić information content (AvgIpc) is 2.21. The number of nitrogens with two attached hydrogens (primary N) is 2. The van der Waals surface area contributed by atoms with E-state index < -0.39 is 12.0 Å². The Morgan fingerprint density at radius 1 is 1.28 bits per heavy atom. The van der Waals surface area contributed by atoms with E-state index in [0.29, 0.717) is 12.4 Å². The van der Waals surface area contributed by atoms with Gasteiger partial charge in [-0.2, -0.15) is 0 Å². The number of amidine groups is 1. The molecule has 0 bridgehead atoms. The summed E-state index contributed by atoms with van der Waals surface area (Å²) in [5.74, 6) is -0.423. The highest BCUT2D eigenvalue weighted by Crippen LogP contribution is 2.13. The van der Waals surface area contributed by atoms with E-state index in [1.807, 2.05) is 6.92 Å². The maximum Gasteiger partial charge on any atom is 0.324 e. The van der Waals surface area contributed by atoms with Gasteiger partial charge < -0.3 is 16.6 Å². The lowest BCUT2D eigenvalue weighted by Crippen LogP contribution is -2.31. The summed E-state index contributed by atoms with van der Waals surface area (Å²) in [4.78, 5) is 14.7. The highest BCUT2D eigenvalue weighted by molar-refractivity contribution is 5.85. The Hall–Kier alpha value is -0.780. The molecule has 5 N–H and O–H groups in total. The summed E-state index contributed by atoms with van der Waals surface area (Å²) >= 11 is 0. The average molecular weight is 300 g/mol. The zero-order valence-corrected chi connectivity index (χ0v) is 12.6. The first kappa shape index (κ1) is 22.4. The molecule has 5 nitrogen and oxygen atoms in total. The number of aliphatic carboxylic acids is 1. The van der Waals surface area contributed by atoms with E-state index in [1.165, 1.54) is 0 Å². The van der Waals surface area contributed by atoms with Gasteiger partial charge >= 0.3 is 5.97 Å². The van der Waals surface area contributed by atoms with Crippen molar-refractivity contribution in [3.63, 3.8) is 0 Å². The minimum absolute atomic E-state index is 0. The first-order valence-corrected chi connectivity index (χ1v) is 5.27. The van der Waals surface area contributed by atoms with Gasteiger partial charge in [-0.15, -0.1) is 24.8 Å². The maximum atomic E-state index is 10.7. The predicted octanol–water partition coefficient (Wildman–Crippen LogP) is 1.74. The lowest BCUT2D eigenvalue weighted by Gasteiger charge is -2.11. The second-order valence-electron chi connectivity index (χ2n) is 3.91. The second kappa shape index (κ2) is 11.3. The zero-order chi connectivity index (χ0) is 12.7. The molecule has 0 saturated heterocycles. The molecule has 0 radical (unpaired) electrons. The molecule has 0 aliphatic rings. The molecule has 0 aromatic heterocycles. The number of halogens is 2. The summed E-state index contributed by atoms with van der Waals surface area (Å²) in [7, 11) is 0. The topological polar surface area (TPSA) is 102 Å². The molecule has 108 valence electrons. The van der Waals surface area contributed by atoms with Crippen molar-refractivity contribution in [2.75, 3.05) is 6.54 Å². The summed E-state index contributed by atoms with van der Waals surface area (Å²) < 4.78 is 0. The highest BCUT2D eigenvalue weighted by atomic mass is 35.5. The third kappa shape index (κ3) is 9.27. The lowest BCUT2D eigenvalue weighted by molar-refractivity contribution is -0.137. The second-order valence-corrected chi connectivity index (χ2v) is 3.91. The Morgan fingerprint density at radius 3 is 2.17 bits per heavy atom. The van der Waals surface area contributed by atoms with Crippen LogP contribution in [-0.2, 0) is 4.79 Å². The maximum absolute atomic E-state index is 10.7. The van der Waals surface area contributed by atoms with Crippen molar-refractivity contribution >= 4 is 36.6 Å². The molecule has 0 heterocycles. The van der Waals surface area contributed by atoms with Crippen LogP contribution < -0.4 is 11.5 Å². The molecular weight excluding hydrogens is 277 g/mol. The Balaban J connectivity index is -0.00000112. The van der Waals surface area contributed by atoms with Crippen molar-refractivity contribution < 1.29 is 9.90 Å². The van der Waals surface area contributed by atoms with E-state index in [4.69, 9.17) is 16.6 Å². The highest BCUT2D eigenvalue weighted by Gasteiger charge is 2.14. The number of nitrogens with zero attached hydrogens (tertiary/aromatic N) is 1. The van der Waals surface area contributed by atoms with E-state index in [9.17, 15) is 4.79 Å². The van der Waals surface area contributed by atoms with Gasteiger partial charge in [-0.1, -0.05) is 5.57 Å². The van der Waals surface area contributed by atoms with Gasteiger partial charge in [0.25, 0.3) is 0 Å². The first-order valence-electron chi connectivity index (χ1n) is 5.27. The number of carboxylic acid groups (broad SMARTS) is 1. The van der Waals surface area contributed by atoms with E-state index in [-0.39, 0.29) is 24.8 Å². The van der Waals surface area contributed by atoms with Crippen molar-refractivity contribution in [2.45, 2.75) is 39.7 Å². The van der Waals surface area contributed by atoms with Crippen molar-refractivity contribution in [3.05, 3.63) is 11.1 Å². The SMILES string of the molecule is CC(N)=NCCC/C(C)=C(\C)C(N)C(=O)O.Cl.Cl. The molecule has 0 aromatic carbocycles. The Kier molecular flexibility index (Phi) is 14.1. The third-order valence-corrected chi connectivity index (χ3v) is 2.48. The number of allylic oxidation sites excluding steroid dienone is 1. The van der Waals surface area contributed by atoms with E-state index in [1.54, 1.807) is 13.8 Å². The summed E-state index contributed by atoms with van der Waals surface area (Å²) in [5, 5.41) is 8.75. The summed E-state index contributed by atoms with van der Waals surface area (Å²) in [6, 6.07) is -0.903. The molecule has 0 spiro atoms. The van der Waals surface area contributed by atoms with Gasteiger partial charge in [-0.25, -0.2) is 0 Å². The molecule has 1 unspecified atom stereocenters. The molecule has 0 aliphatic heterocycles. The molecule has 1 atom stereocenters. The largest absolute Gasteiger partial charge is 0.480 e. The molecule has 0 aromatic rings. The van der Waals surface area contributed by atoms with Crippen LogP contribution in [0.2, 0.25) is 0 Å². The number of rotatable bonds is 6. The van der Waals surface area contributed by atoms with E-state index >= 15 is 0 Å². The molecule has 7 heteroatoms. The molecule has 0 rings (SSSR count). The quantitative estimate of drug-likeness (QED) is 0.301. The molecule has 18 heavy (non-hydrogen) atoms. The smallest absolute Gasteiger partial charge is 0.324 e. The monoisotopic (exact) mass is 299 g/mol. The van der Waals surface area contributed by atoms with Crippen LogP contribution in [0.15, 0.2) is 16.1 Å². The van der Waals surface area contributed by atoms with Crippen LogP contribution in [0.5, 0.6) is 0 Å². The first-order chi connectivity index (χ1) is 7.36. The number of hydrogen-bond donors (Lipinski definition) is 3. The minimum atomic E-state index is -0.993. The van der Waals surface area contributed by atoms with Crippen molar-refractivity contribution in [2.24, 2.45) is 16.5 Å². The van der Waals surface area contributed by atoms with Gasteiger partial charge in [0.1, 0.15) is 6.04 Å². The fourth-order valence-electron chi connectivity index (χ4n) is 1.25. The molecule has 0 fully saturated rings. The van der Waals surface area contributed by atoms with Crippen LogP contribution in [-0.4, -0.2) is 29.5 Å². The van der Waals surface area contributed by atoms with Crippen molar-refractivity contribution in [1.29, 1.82) is 0 Å². The fraction of sp³-hybridized carbons (Fsp3) is 0.636. The third-order valence-electron chi connectivity index (χ3n) is 2.48. The van der Waals surface area contributed by atoms with Crippen LogP contribution in [0.1, 0.15) is 33.6 Å². The fourth-order valence-corrected chi connectivity index (χ4v) is 1.25. The summed E-state index contributed by atoms with van der Waals surface area (Å²) in [5.41, 5.74) is 12.6. The number of hydrogen-bond acceptors (Lipinski definition) is 3. The van der Waals surface area contributed by atoms with Gasteiger partial charge in [0.15, 0.2) is 0 Å². The summed E-state index contributed by atoms with van der Waals surface area (Å²) in [6.45, 7) is 6.06. The van der Waals surface area contributed by atoms with Gasteiger partial charge in [0.05, 0.1) is 5.84 Å². The van der Waals surface area contributed by atoms with Crippen molar-refractivity contribution in [1.82, 2.24) is 0 Å². The minimum Gasteiger partial charge on any atom is -0.480 e. The number of aliphatic imine (C=N–C) groups is 1. The van der Waals surface area contributed by atoms with Gasteiger partial charge in [-0.3, -0.25) is 9.79 Å². The van der Waals surface area contributed by atoms with Gasteiger partial charge in [0.2, 0.25) is 0 Å². The van der Waals surface area contributed by atoms with E-state index in [0.717, 1.165) is 24.0 Å². The molecular formula is C11H23Cl2N3O2. The van der Waals surface area contributed by atoms with Crippen molar-refractivity contribution in [3.8, 4) is 0 Å². The van der Waals surface area contributed by atoms with Crippen LogP contribution in [0.25, 0.3) is 0 Å². The Morgan fingerprint density at radius 2 is 1.78 bits per heavy atom. The summed E-state index contributed by atoms with van der Waals surface area (Å²) in [6.07, 6.45) is 1.65. The Labute approximate surface area is 121 Å². The van der Waals surface area contributed by atoms with Crippen LogP contribution >= 0.6 is 24.8 Å². The standard InChI is InChI=1S/C11H21N3O2.2ClH/c1-7(5-4-6-14-9(3)12)8(2)10(13)11(15)16;;/h10H,4-6,13H2,1-3H3,(H2,12,14)(H,15,16);2*1H/b8-7+;;. The predicted molar refractivity (Wildman–Crippen MR) is 79.9 cm³/mol. The van der Waals surface area contributed by atoms with Crippen LogP contribution in [0.4, 0.5) is 0 Å². The Bertz CT molecular complexity index is 313. The molecule has 0 saturated carbocycles. The zero-order valence-electron chi connectivity index (χ0n) is 11.0. The van der Waals surface area contributed by atoms with E-state index in [2.05, 4.69) is 4.99 Å². The molecule has 0 amide bonds. The number of carbonyl (C=O) groups is 1. The normalized spacial score (nSPS) is 13.9. The number of carboxylic acids is 1. The van der Waals surface area contributed by atoms with Crippen LogP contribution in [0.3, 0.4) is 0 Å². The van der Waals surface area contributed by atoms with Gasteiger partial charge in [-0.05, 0) is 39.2 Å².